The van der Waals surface area contributed by atoms with Crippen LogP contribution in [0.25, 0.3) is 0 Å². The second-order valence-electron chi connectivity index (χ2n) is 12.4. The third-order valence-corrected chi connectivity index (χ3v) is 11.3. The van der Waals surface area contributed by atoms with Crippen LogP contribution in [0.15, 0.2) is 11.9 Å². The summed E-state index contributed by atoms with van der Waals surface area (Å²) in [6, 6.07) is 0. The highest BCUT2D eigenvalue weighted by molar-refractivity contribution is 7.60. The molecule has 1 heteroatoms. The van der Waals surface area contributed by atoms with E-state index in [9.17, 15) is 0 Å². The van der Waals surface area contributed by atoms with Gasteiger partial charge >= 0.3 is 0 Å². The maximum Gasteiger partial charge on any atom is -0.0291 e. The molecule has 1 atom stereocenters. The molecular formula is C35H69P. The molecule has 0 nitrogen and oxygen atoms in total. The first-order valence-corrected chi connectivity index (χ1v) is 19.0. The minimum absolute atomic E-state index is 0.142. The summed E-state index contributed by atoms with van der Waals surface area (Å²) in [6.07, 6.45) is 43.8. The number of unbranched alkanes of at least 4 members (excludes halogenated alkanes) is 18. The van der Waals surface area contributed by atoms with Gasteiger partial charge in [0.25, 0.3) is 0 Å². The molecule has 1 fully saturated rings. The van der Waals surface area contributed by atoms with Gasteiger partial charge in [-0.3, -0.25) is 0 Å². The first-order chi connectivity index (χ1) is 17.8. The highest BCUT2D eigenvalue weighted by Crippen LogP contribution is 2.41. The van der Waals surface area contributed by atoms with Crippen LogP contribution < -0.4 is 0 Å². The lowest BCUT2D eigenvalue weighted by Gasteiger charge is -2.27. The van der Waals surface area contributed by atoms with E-state index in [0.29, 0.717) is 0 Å². The van der Waals surface area contributed by atoms with Crippen LogP contribution in [0.3, 0.4) is 0 Å². The summed E-state index contributed by atoms with van der Waals surface area (Å²) in [7, 11) is 0.142. The molecule has 0 aliphatic heterocycles. The van der Waals surface area contributed by atoms with E-state index >= 15 is 0 Å². The molecule has 0 heterocycles. The van der Waals surface area contributed by atoms with Crippen LogP contribution in [0.5, 0.6) is 0 Å². The van der Waals surface area contributed by atoms with Crippen LogP contribution in [0, 0.1) is 11.8 Å². The van der Waals surface area contributed by atoms with E-state index in [1.165, 1.54) is 179 Å². The lowest BCUT2D eigenvalue weighted by atomic mass is 9.79. The molecule has 1 aliphatic carbocycles. The fourth-order valence-corrected chi connectivity index (χ4v) is 8.39. The van der Waals surface area contributed by atoms with E-state index in [1.807, 2.05) is 0 Å². The van der Waals surface area contributed by atoms with Gasteiger partial charge in [-0.05, 0) is 43.4 Å². The van der Waals surface area contributed by atoms with Crippen molar-refractivity contribution >= 4 is 7.92 Å². The monoisotopic (exact) mass is 521 g/mol. The quantitative estimate of drug-likeness (QED) is 0.0785. The van der Waals surface area contributed by atoms with Crippen molar-refractivity contribution in [2.24, 2.45) is 11.8 Å². The molecule has 1 unspecified atom stereocenters. The van der Waals surface area contributed by atoms with Crippen molar-refractivity contribution < 1.29 is 0 Å². The number of hydrogen-bond donors (Lipinski definition) is 0. The Morgan fingerprint density at radius 2 is 0.944 bits per heavy atom. The SMILES string of the molecule is CCCCCCCCCCCCP(C=CCC(C)C1CCCCC1)CCCCCCCCCCCC. The molecule has 0 saturated heterocycles. The van der Waals surface area contributed by atoms with Gasteiger partial charge in [-0.25, -0.2) is 0 Å². The number of allylic oxidation sites excluding steroid dienone is 1. The van der Waals surface area contributed by atoms with Gasteiger partial charge in [0.15, 0.2) is 0 Å². The molecule has 0 amide bonds. The first-order valence-electron chi connectivity index (χ1n) is 17.2. The minimum atomic E-state index is 0.142. The molecule has 0 aromatic carbocycles. The van der Waals surface area contributed by atoms with Gasteiger partial charge in [0.1, 0.15) is 0 Å². The second kappa shape index (κ2) is 26.8. The Labute approximate surface area is 231 Å². The Bertz CT molecular complexity index is 426. The van der Waals surface area contributed by atoms with Gasteiger partial charge in [-0.15, -0.1) is 0 Å². The average Bonchev–Trinajstić information content (AvgIpc) is 2.90. The highest BCUT2D eigenvalue weighted by atomic mass is 31.1. The molecule has 1 aliphatic rings. The molecule has 0 spiro atoms. The topological polar surface area (TPSA) is 0 Å². The predicted octanol–water partition coefficient (Wildman–Crippen LogP) is 13.4. The van der Waals surface area contributed by atoms with Crippen LogP contribution in [-0.2, 0) is 0 Å². The molecule has 214 valence electrons. The van der Waals surface area contributed by atoms with Crippen LogP contribution in [0.4, 0.5) is 0 Å². The van der Waals surface area contributed by atoms with E-state index in [0.717, 1.165) is 11.8 Å². The van der Waals surface area contributed by atoms with E-state index in [4.69, 9.17) is 0 Å². The Balaban J connectivity index is 2.21. The zero-order chi connectivity index (χ0) is 25.9. The number of hydrogen-bond acceptors (Lipinski definition) is 0. The fourth-order valence-electron chi connectivity index (χ4n) is 6.19. The van der Waals surface area contributed by atoms with Crippen LogP contribution in [0.1, 0.15) is 188 Å². The summed E-state index contributed by atoms with van der Waals surface area (Å²) in [5.41, 5.74) is 0. The first kappa shape index (κ1) is 34.2. The molecular weight excluding hydrogens is 451 g/mol. The van der Waals surface area contributed by atoms with Crippen molar-refractivity contribution in [2.45, 2.75) is 188 Å². The zero-order valence-corrected chi connectivity index (χ0v) is 26.5. The second-order valence-corrected chi connectivity index (χ2v) is 14.8. The van der Waals surface area contributed by atoms with Gasteiger partial charge in [-0.2, -0.15) is 0 Å². The van der Waals surface area contributed by atoms with E-state index < -0.39 is 0 Å². The molecule has 0 N–H and O–H groups in total. The third-order valence-electron chi connectivity index (χ3n) is 8.88. The van der Waals surface area contributed by atoms with E-state index in [-0.39, 0.29) is 7.92 Å². The van der Waals surface area contributed by atoms with Gasteiger partial charge < -0.3 is 0 Å². The van der Waals surface area contributed by atoms with Crippen molar-refractivity contribution in [1.82, 2.24) is 0 Å². The Morgan fingerprint density at radius 1 is 0.556 bits per heavy atom. The summed E-state index contributed by atoms with van der Waals surface area (Å²) >= 11 is 0. The number of rotatable bonds is 26. The maximum absolute atomic E-state index is 2.73. The fraction of sp³-hybridized carbons (Fsp3) is 0.943. The van der Waals surface area contributed by atoms with Crippen molar-refractivity contribution in [1.29, 1.82) is 0 Å². The van der Waals surface area contributed by atoms with Gasteiger partial charge in [0.05, 0.1) is 0 Å². The third kappa shape index (κ3) is 21.1. The largest absolute Gasteiger partial charge is 0.0838 e. The molecule has 0 aromatic heterocycles. The smallest absolute Gasteiger partial charge is 0.0291 e. The van der Waals surface area contributed by atoms with Gasteiger partial charge in [0, 0.05) is 0 Å². The van der Waals surface area contributed by atoms with Crippen molar-refractivity contribution in [2.75, 3.05) is 12.3 Å². The Hall–Kier alpha value is 0.170. The Morgan fingerprint density at radius 3 is 1.36 bits per heavy atom. The maximum atomic E-state index is 2.73. The van der Waals surface area contributed by atoms with E-state index in [1.54, 1.807) is 0 Å². The van der Waals surface area contributed by atoms with Crippen molar-refractivity contribution in [3.05, 3.63) is 11.9 Å². The zero-order valence-electron chi connectivity index (χ0n) is 25.6. The molecule has 36 heavy (non-hydrogen) atoms. The summed E-state index contributed by atoms with van der Waals surface area (Å²) in [5.74, 6) is 4.66. The molecule has 0 aromatic rings. The molecule has 1 saturated carbocycles. The van der Waals surface area contributed by atoms with Crippen LogP contribution in [0.2, 0.25) is 0 Å². The van der Waals surface area contributed by atoms with Crippen molar-refractivity contribution in [3.63, 3.8) is 0 Å². The lowest BCUT2D eigenvalue weighted by Crippen LogP contribution is -2.14. The summed E-state index contributed by atoms with van der Waals surface area (Å²) in [4.78, 5) is 0. The Kier molecular flexibility index (Phi) is 25.4. The van der Waals surface area contributed by atoms with E-state index in [2.05, 4.69) is 32.7 Å². The van der Waals surface area contributed by atoms with Crippen molar-refractivity contribution in [3.8, 4) is 0 Å². The molecule has 0 bridgehead atoms. The van der Waals surface area contributed by atoms with Crippen LogP contribution >= 0.6 is 7.92 Å². The normalized spacial score (nSPS) is 15.9. The van der Waals surface area contributed by atoms with Gasteiger partial charge in [0.2, 0.25) is 0 Å². The standard InChI is InChI=1S/C35H69P/c1-4-6-8-10-12-14-16-18-20-25-31-36(32-26-21-19-17-15-13-11-9-7-5-2)33-27-28-34(3)35-29-23-22-24-30-35/h27,33-35H,4-26,28-32H2,1-3H3. The lowest BCUT2D eigenvalue weighted by molar-refractivity contribution is 0.265. The summed E-state index contributed by atoms with van der Waals surface area (Å²) in [6.45, 7) is 7.17. The average molecular weight is 521 g/mol. The summed E-state index contributed by atoms with van der Waals surface area (Å²) in [5, 5.41) is 0. The minimum Gasteiger partial charge on any atom is -0.0838 e. The molecule has 0 radical (unpaired) electrons. The van der Waals surface area contributed by atoms with Gasteiger partial charge in [-0.1, -0.05) is 188 Å². The highest BCUT2D eigenvalue weighted by Gasteiger charge is 2.18. The predicted molar refractivity (Wildman–Crippen MR) is 170 cm³/mol. The van der Waals surface area contributed by atoms with Crippen LogP contribution in [-0.4, -0.2) is 12.3 Å². The summed E-state index contributed by atoms with van der Waals surface area (Å²) < 4.78 is 0. The molecule has 1 rings (SSSR count).